The normalized spacial score (nSPS) is 39.3. The third-order valence-corrected chi connectivity index (χ3v) is 6.90. The van der Waals surface area contributed by atoms with E-state index >= 15 is 0 Å². The first-order valence-electron chi connectivity index (χ1n) is 9.58. The van der Waals surface area contributed by atoms with E-state index in [4.69, 9.17) is 0 Å². The summed E-state index contributed by atoms with van der Waals surface area (Å²) >= 11 is 0. The van der Waals surface area contributed by atoms with Gasteiger partial charge in [-0.25, -0.2) is 0 Å². The van der Waals surface area contributed by atoms with E-state index in [1.165, 1.54) is 38.5 Å². The molecule has 0 aliphatic heterocycles. The van der Waals surface area contributed by atoms with E-state index in [1.807, 2.05) is 0 Å². The lowest BCUT2D eigenvalue weighted by atomic mass is 9.41. The van der Waals surface area contributed by atoms with E-state index in [2.05, 4.69) is 62.4 Å². The summed E-state index contributed by atoms with van der Waals surface area (Å²) in [5, 5.41) is 0. The van der Waals surface area contributed by atoms with Gasteiger partial charge in [0.15, 0.2) is 0 Å². The Kier molecular flexibility index (Phi) is 3.75. The molecule has 0 heterocycles. The van der Waals surface area contributed by atoms with E-state index in [1.54, 1.807) is 11.1 Å². The highest BCUT2D eigenvalue weighted by molar-refractivity contribution is 5.37. The molecule has 5 rings (SSSR count). The van der Waals surface area contributed by atoms with Crippen molar-refractivity contribution in [1.29, 1.82) is 0 Å². The maximum atomic E-state index is 2.45. The molecule has 4 saturated carbocycles. The molecule has 4 aliphatic rings. The van der Waals surface area contributed by atoms with Gasteiger partial charge in [-0.15, -0.1) is 0 Å². The van der Waals surface area contributed by atoms with Crippen molar-refractivity contribution in [3.63, 3.8) is 0 Å². The average Bonchev–Trinajstić information content (AvgIpc) is 2.55. The summed E-state index contributed by atoms with van der Waals surface area (Å²) in [4.78, 5) is 0. The minimum absolute atomic E-state index is 0.458. The first-order valence-corrected chi connectivity index (χ1v) is 9.58. The molecule has 2 atom stereocenters. The summed E-state index contributed by atoms with van der Waals surface area (Å²) in [5.74, 6) is 1.89. The van der Waals surface area contributed by atoms with Crippen LogP contribution in [-0.4, -0.2) is 0 Å². The fraction of sp³-hybridized carbons (Fsp3) is 0.565. The number of benzene rings is 1. The van der Waals surface area contributed by atoms with Crippen molar-refractivity contribution in [2.45, 2.75) is 64.2 Å². The summed E-state index contributed by atoms with van der Waals surface area (Å²) < 4.78 is 0. The summed E-state index contributed by atoms with van der Waals surface area (Å²) in [5.41, 5.74) is 4.17. The maximum absolute atomic E-state index is 2.45. The van der Waals surface area contributed by atoms with Crippen LogP contribution in [0.3, 0.4) is 0 Å². The molecule has 0 saturated heterocycles. The van der Waals surface area contributed by atoms with Gasteiger partial charge in [0, 0.05) is 0 Å². The van der Waals surface area contributed by atoms with Crippen LogP contribution in [0.1, 0.15) is 64.4 Å². The minimum atomic E-state index is 0.458. The lowest BCUT2D eigenvalue weighted by Gasteiger charge is -2.63. The van der Waals surface area contributed by atoms with Gasteiger partial charge in [0.2, 0.25) is 0 Å². The molecule has 1 aromatic rings. The SMILES string of the molecule is CC=C(C=CCC)C12CC3CC(C1)CC(c1ccccc1)(C3)C2. The fourth-order valence-corrected chi connectivity index (χ4v) is 6.55. The molecule has 4 fully saturated rings. The molecule has 0 aromatic heterocycles. The highest BCUT2D eigenvalue weighted by Gasteiger charge is 2.58. The predicted molar refractivity (Wildman–Crippen MR) is 98.4 cm³/mol. The Morgan fingerprint density at radius 3 is 2.39 bits per heavy atom. The van der Waals surface area contributed by atoms with Gasteiger partial charge < -0.3 is 0 Å². The lowest BCUT2D eigenvalue weighted by molar-refractivity contribution is -0.0499. The van der Waals surface area contributed by atoms with Crippen LogP contribution in [0.25, 0.3) is 0 Å². The third kappa shape index (κ3) is 2.42. The van der Waals surface area contributed by atoms with Gasteiger partial charge in [0.05, 0.1) is 0 Å². The molecule has 0 spiro atoms. The second-order valence-corrected chi connectivity index (χ2v) is 8.44. The van der Waals surface area contributed by atoms with Gasteiger partial charge in [-0.3, -0.25) is 0 Å². The predicted octanol–water partition coefficient (Wildman–Crippen LogP) is 6.44. The van der Waals surface area contributed by atoms with Crippen molar-refractivity contribution in [2.75, 3.05) is 0 Å². The first-order chi connectivity index (χ1) is 11.2. The van der Waals surface area contributed by atoms with Crippen molar-refractivity contribution >= 4 is 0 Å². The standard InChI is InChI=1S/C23H30/c1-3-5-9-20(4-2)22-13-18-12-19(14-22)16-23(15-18,17-22)21-10-7-6-8-11-21/h4-11,18-19H,3,12-17H2,1-2H3. The van der Waals surface area contributed by atoms with Crippen LogP contribution < -0.4 is 0 Å². The molecule has 4 bridgehead atoms. The molecule has 122 valence electrons. The van der Waals surface area contributed by atoms with E-state index in [-0.39, 0.29) is 0 Å². The number of allylic oxidation sites excluding steroid dienone is 4. The molecule has 23 heavy (non-hydrogen) atoms. The fourth-order valence-electron chi connectivity index (χ4n) is 6.55. The summed E-state index contributed by atoms with van der Waals surface area (Å²) in [6.07, 6.45) is 17.0. The van der Waals surface area contributed by atoms with Crippen LogP contribution in [0.15, 0.2) is 54.1 Å². The molecule has 0 nitrogen and oxygen atoms in total. The number of hydrogen-bond donors (Lipinski definition) is 0. The zero-order chi connectivity index (χ0) is 15.9. The van der Waals surface area contributed by atoms with E-state index in [0.29, 0.717) is 10.8 Å². The third-order valence-electron chi connectivity index (χ3n) is 6.90. The van der Waals surface area contributed by atoms with Gasteiger partial charge in [0.25, 0.3) is 0 Å². The zero-order valence-corrected chi connectivity index (χ0v) is 14.7. The molecule has 1 aromatic carbocycles. The molecular formula is C23H30. The molecule has 0 heteroatoms. The van der Waals surface area contributed by atoms with Crippen molar-refractivity contribution in [1.82, 2.24) is 0 Å². The van der Waals surface area contributed by atoms with Gasteiger partial charge in [0.1, 0.15) is 0 Å². The Hall–Kier alpha value is -1.30. The van der Waals surface area contributed by atoms with E-state index in [9.17, 15) is 0 Å². The highest BCUT2D eigenvalue weighted by Crippen LogP contribution is 2.67. The Morgan fingerprint density at radius 1 is 1.09 bits per heavy atom. The van der Waals surface area contributed by atoms with Gasteiger partial charge in [-0.1, -0.05) is 55.5 Å². The topological polar surface area (TPSA) is 0 Å². The van der Waals surface area contributed by atoms with Crippen molar-refractivity contribution < 1.29 is 0 Å². The van der Waals surface area contributed by atoms with Gasteiger partial charge in [-0.2, -0.15) is 0 Å². The average molecular weight is 306 g/mol. The smallest absolute Gasteiger partial charge is 0.00332 e. The molecule has 0 N–H and O–H groups in total. The summed E-state index contributed by atoms with van der Waals surface area (Å²) in [6.45, 7) is 4.50. The second kappa shape index (κ2) is 5.65. The van der Waals surface area contributed by atoms with Crippen LogP contribution >= 0.6 is 0 Å². The molecule has 4 aliphatic carbocycles. The van der Waals surface area contributed by atoms with Gasteiger partial charge >= 0.3 is 0 Å². The molecular weight excluding hydrogens is 276 g/mol. The summed E-state index contributed by atoms with van der Waals surface area (Å²) in [7, 11) is 0. The number of hydrogen-bond acceptors (Lipinski definition) is 0. The maximum Gasteiger partial charge on any atom is -0.00332 e. The Bertz CT molecular complexity index is 605. The zero-order valence-electron chi connectivity index (χ0n) is 14.7. The first kappa shape index (κ1) is 15.2. The second-order valence-electron chi connectivity index (χ2n) is 8.44. The monoisotopic (exact) mass is 306 g/mol. The minimum Gasteiger partial charge on any atom is -0.0845 e. The quantitative estimate of drug-likeness (QED) is 0.562. The Balaban J connectivity index is 1.75. The van der Waals surface area contributed by atoms with Crippen LogP contribution in [0.4, 0.5) is 0 Å². The van der Waals surface area contributed by atoms with E-state index < -0.39 is 0 Å². The summed E-state index contributed by atoms with van der Waals surface area (Å²) in [6, 6.07) is 11.5. The molecule has 0 radical (unpaired) electrons. The lowest BCUT2D eigenvalue weighted by Crippen LogP contribution is -2.54. The van der Waals surface area contributed by atoms with Crippen molar-refractivity contribution in [2.24, 2.45) is 17.3 Å². The highest BCUT2D eigenvalue weighted by atomic mass is 14.6. The van der Waals surface area contributed by atoms with Gasteiger partial charge in [-0.05, 0) is 85.7 Å². The number of rotatable bonds is 4. The van der Waals surface area contributed by atoms with Crippen LogP contribution in [0.5, 0.6) is 0 Å². The Morgan fingerprint density at radius 2 is 1.78 bits per heavy atom. The Labute approximate surface area is 141 Å². The van der Waals surface area contributed by atoms with Crippen LogP contribution in [0.2, 0.25) is 0 Å². The molecule has 0 amide bonds. The molecule has 2 unspecified atom stereocenters. The van der Waals surface area contributed by atoms with E-state index in [0.717, 1.165) is 18.3 Å². The van der Waals surface area contributed by atoms with Crippen molar-refractivity contribution in [3.05, 3.63) is 59.7 Å². The largest absolute Gasteiger partial charge is 0.0845 e. The van der Waals surface area contributed by atoms with Crippen molar-refractivity contribution in [3.8, 4) is 0 Å². The van der Waals surface area contributed by atoms with Crippen LogP contribution in [-0.2, 0) is 5.41 Å². The van der Waals surface area contributed by atoms with Crippen LogP contribution in [0, 0.1) is 17.3 Å².